The second kappa shape index (κ2) is 5.65. The van der Waals surface area contributed by atoms with Gasteiger partial charge in [0.2, 0.25) is 10.0 Å². The topological polar surface area (TPSA) is 58.6 Å². The monoisotopic (exact) mass is 262 g/mol. The highest BCUT2D eigenvalue weighted by atomic mass is 32.2. The molecule has 0 bridgehead atoms. The third kappa shape index (κ3) is 3.19. The predicted molar refractivity (Wildman–Crippen MR) is 66.4 cm³/mol. The van der Waals surface area contributed by atoms with Crippen molar-refractivity contribution in [1.29, 1.82) is 0 Å². The van der Waals surface area contributed by atoms with E-state index in [1.165, 1.54) is 0 Å². The zero-order chi connectivity index (χ0) is 12.3. The second-order valence-corrected chi connectivity index (χ2v) is 7.12. The van der Waals surface area contributed by atoms with Crippen molar-refractivity contribution in [3.8, 4) is 0 Å². The number of nitrogens with one attached hydrogen (secondary N) is 1. The van der Waals surface area contributed by atoms with Crippen LogP contribution < -0.4 is 5.32 Å². The lowest BCUT2D eigenvalue weighted by Crippen LogP contribution is -2.47. The van der Waals surface area contributed by atoms with Crippen LogP contribution in [0.2, 0.25) is 0 Å². The Labute approximate surface area is 104 Å². The number of nitrogens with zero attached hydrogens (tertiary/aromatic N) is 1. The molecule has 5 nitrogen and oxygen atoms in total. The van der Waals surface area contributed by atoms with Crippen LogP contribution in [0.15, 0.2) is 0 Å². The van der Waals surface area contributed by atoms with E-state index in [-0.39, 0.29) is 11.4 Å². The molecule has 2 aliphatic rings. The van der Waals surface area contributed by atoms with Crippen molar-refractivity contribution in [3.63, 3.8) is 0 Å². The van der Waals surface area contributed by atoms with Gasteiger partial charge in [0.15, 0.2) is 0 Å². The Morgan fingerprint density at radius 3 is 2.88 bits per heavy atom. The minimum atomic E-state index is -3.15. The molecule has 1 N–H and O–H groups in total. The van der Waals surface area contributed by atoms with Gasteiger partial charge in [-0.1, -0.05) is 0 Å². The van der Waals surface area contributed by atoms with Crippen LogP contribution in [-0.2, 0) is 14.8 Å². The van der Waals surface area contributed by atoms with Gasteiger partial charge in [0.1, 0.15) is 0 Å². The molecule has 0 spiro atoms. The predicted octanol–water partition coefficient (Wildman–Crippen LogP) is 0.179. The van der Waals surface area contributed by atoms with E-state index in [0.29, 0.717) is 26.2 Å². The SMILES string of the molecule is CC1CN(S(=O)(=O)C2CCCNC2)CCCO1. The standard InChI is InChI=1S/C11H22N2O3S/c1-10-9-13(6-3-7-16-10)17(14,15)11-4-2-5-12-8-11/h10-12H,2-9H2,1H3. The van der Waals surface area contributed by atoms with Gasteiger partial charge in [-0.2, -0.15) is 4.31 Å². The Balaban J connectivity index is 2.07. The summed E-state index contributed by atoms with van der Waals surface area (Å²) in [6.45, 7) is 5.23. The van der Waals surface area contributed by atoms with E-state index in [4.69, 9.17) is 4.74 Å². The van der Waals surface area contributed by atoms with Crippen LogP contribution in [0.4, 0.5) is 0 Å². The fraction of sp³-hybridized carbons (Fsp3) is 1.00. The van der Waals surface area contributed by atoms with Crippen LogP contribution in [0.3, 0.4) is 0 Å². The summed E-state index contributed by atoms with van der Waals surface area (Å²) in [7, 11) is -3.15. The molecule has 2 saturated heterocycles. The molecule has 17 heavy (non-hydrogen) atoms. The minimum absolute atomic E-state index is 0.00354. The molecule has 100 valence electrons. The first-order valence-corrected chi connectivity index (χ1v) is 7.92. The second-order valence-electron chi connectivity index (χ2n) is 4.91. The van der Waals surface area contributed by atoms with Gasteiger partial charge in [-0.15, -0.1) is 0 Å². The van der Waals surface area contributed by atoms with Crippen LogP contribution in [0.25, 0.3) is 0 Å². The van der Waals surface area contributed by atoms with Crippen LogP contribution in [0.5, 0.6) is 0 Å². The summed E-state index contributed by atoms with van der Waals surface area (Å²) < 4.78 is 32.1. The summed E-state index contributed by atoms with van der Waals surface area (Å²) in [5.74, 6) is 0. The summed E-state index contributed by atoms with van der Waals surface area (Å²) in [6, 6.07) is 0. The van der Waals surface area contributed by atoms with Gasteiger partial charge in [-0.05, 0) is 32.7 Å². The highest BCUT2D eigenvalue weighted by Gasteiger charge is 2.34. The fourth-order valence-corrected chi connectivity index (χ4v) is 4.49. The van der Waals surface area contributed by atoms with Crippen molar-refractivity contribution in [2.24, 2.45) is 0 Å². The van der Waals surface area contributed by atoms with Crippen LogP contribution >= 0.6 is 0 Å². The zero-order valence-electron chi connectivity index (χ0n) is 10.4. The zero-order valence-corrected chi connectivity index (χ0v) is 11.2. The molecule has 2 fully saturated rings. The van der Waals surface area contributed by atoms with E-state index in [9.17, 15) is 8.42 Å². The fourth-order valence-electron chi connectivity index (χ4n) is 2.47. The maximum atomic E-state index is 12.5. The van der Waals surface area contributed by atoms with Crippen molar-refractivity contribution in [3.05, 3.63) is 0 Å². The minimum Gasteiger partial charge on any atom is -0.377 e. The van der Waals surface area contributed by atoms with E-state index in [1.807, 2.05) is 6.92 Å². The lowest BCUT2D eigenvalue weighted by Gasteiger charge is -2.29. The highest BCUT2D eigenvalue weighted by Crippen LogP contribution is 2.19. The van der Waals surface area contributed by atoms with E-state index in [2.05, 4.69) is 5.32 Å². The number of sulfonamides is 1. The third-order valence-electron chi connectivity index (χ3n) is 3.45. The number of piperidine rings is 1. The maximum Gasteiger partial charge on any atom is 0.218 e. The van der Waals surface area contributed by atoms with Crippen LogP contribution in [0.1, 0.15) is 26.2 Å². The molecule has 6 heteroatoms. The first-order valence-electron chi connectivity index (χ1n) is 6.42. The molecule has 0 aromatic heterocycles. The molecule has 2 rings (SSSR count). The van der Waals surface area contributed by atoms with Crippen molar-refractivity contribution < 1.29 is 13.2 Å². The Bertz CT molecular complexity index is 339. The van der Waals surface area contributed by atoms with E-state index >= 15 is 0 Å². The largest absolute Gasteiger partial charge is 0.377 e. The van der Waals surface area contributed by atoms with Crippen molar-refractivity contribution in [2.75, 3.05) is 32.8 Å². The lowest BCUT2D eigenvalue weighted by atomic mass is 10.2. The molecule has 2 heterocycles. The number of ether oxygens (including phenoxy) is 1. The lowest BCUT2D eigenvalue weighted by molar-refractivity contribution is 0.0751. The van der Waals surface area contributed by atoms with Crippen molar-refractivity contribution in [1.82, 2.24) is 9.62 Å². The quantitative estimate of drug-likeness (QED) is 0.771. The van der Waals surface area contributed by atoms with Crippen LogP contribution in [0, 0.1) is 0 Å². The first-order chi connectivity index (χ1) is 8.10. The Morgan fingerprint density at radius 1 is 1.35 bits per heavy atom. The van der Waals surface area contributed by atoms with Gasteiger partial charge >= 0.3 is 0 Å². The van der Waals surface area contributed by atoms with Crippen molar-refractivity contribution >= 4 is 10.0 Å². The van der Waals surface area contributed by atoms with Gasteiger partial charge < -0.3 is 10.1 Å². The molecule has 2 unspecified atom stereocenters. The number of hydrogen-bond donors (Lipinski definition) is 1. The molecule has 0 aliphatic carbocycles. The summed E-state index contributed by atoms with van der Waals surface area (Å²) in [6.07, 6.45) is 2.53. The molecule has 2 aliphatic heterocycles. The highest BCUT2D eigenvalue weighted by molar-refractivity contribution is 7.89. The van der Waals surface area contributed by atoms with E-state index in [1.54, 1.807) is 4.31 Å². The Hall–Kier alpha value is -0.170. The summed E-state index contributed by atoms with van der Waals surface area (Å²) >= 11 is 0. The molecular formula is C11H22N2O3S. The van der Waals surface area contributed by atoms with Gasteiger partial charge in [0, 0.05) is 26.2 Å². The van der Waals surface area contributed by atoms with E-state index in [0.717, 1.165) is 25.8 Å². The molecule has 0 aromatic carbocycles. The van der Waals surface area contributed by atoms with E-state index < -0.39 is 10.0 Å². The molecule has 0 saturated carbocycles. The molecule has 2 atom stereocenters. The Morgan fingerprint density at radius 2 is 2.18 bits per heavy atom. The van der Waals surface area contributed by atoms with Gasteiger partial charge in [0.05, 0.1) is 11.4 Å². The van der Waals surface area contributed by atoms with Crippen LogP contribution in [-0.4, -0.2) is 56.9 Å². The summed E-state index contributed by atoms with van der Waals surface area (Å²) in [5, 5.41) is 2.92. The summed E-state index contributed by atoms with van der Waals surface area (Å²) in [4.78, 5) is 0. The first kappa shape index (κ1) is 13.3. The molecule has 0 amide bonds. The smallest absolute Gasteiger partial charge is 0.218 e. The van der Waals surface area contributed by atoms with Gasteiger partial charge in [-0.25, -0.2) is 8.42 Å². The number of hydrogen-bond acceptors (Lipinski definition) is 4. The van der Waals surface area contributed by atoms with Crippen molar-refractivity contribution in [2.45, 2.75) is 37.5 Å². The maximum absolute atomic E-state index is 12.5. The average Bonchev–Trinajstić information content (AvgIpc) is 2.55. The molecule has 0 aromatic rings. The average molecular weight is 262 g/mol. The normalized spacial score (nSPS) is 33.2. The van der Waals surface area contributed by atoms with Gasteiger partial charge in [-0.3, -0.25) is 0 Å². The van der Waals surface area contributed by atoms with Gasteiger partial charge in [0.25, 0.3) is 0 Å². The third-order valence-corrected chi connectivity index (χ3v) is 5.74. The number of rotatable bonds is 2. The molecule has 0 radical (unpaired) electrons. The summed E-state index contributed by atoms with van der Waals surface area (Å²) in [5.41, 5.74) is 0. The Kier molecular flexibility index (Phi) is 4.41. The molecular weight excluding hydrogens is 240 g/mol.